The van der Waals surface area contributed by atoms with E-state index in [1.165, 1.54) is 17.4 Å². The Morgan fingerprint density at radius 3 is 2.56 bits per heavy atom. The Kier molecular flexibility index (Phi) is 3.36. The molecule has 0 fully saturated rings. The summed E-state index contributed by atoms with van der Waals surface area (Å²) in [4.78, 5) is 14.9. The van der Waals surface area contributed by atoms with Gasteiger partial charge in [-0.3, -0.25) is 10.1 Å². The van der Waals surface area contributed by atoms with E-state index < -0.39 is 4.92 Å². The van der Waals surface area contributed by atoms with Crippen molar-refractivity contribution in [3.63, 3.8) is 0 Å². The second-order valence-corrected chi connectivity index (χ2v) is 4.65. The monoisotopic (exact) mass is 278 g/mol. The van der Waals surface area contributed by atoms with Crippen molar-refractivity contribution in [3.05, 3.63) is 52.6 Å². The smallest absolute Gasteiger partial charge is 0.300 e. The highest BCUT2D eigenvalue weighted by Crippen LogP contribution is 2.30. The highest BCUT2D eigenvalue weighted by atomic mass is 35.5. The standard InChI is InChI=1S/C12H7N2O2S.ClH/c15-14(16)9-5-3-7-11-12(9)13-8-4-1-2-6-10(8)17-11;/h1-7H;1H/q+1;/p-1. The van der Waals surface area contributed by atoms with Crippen LogP contribution in [0, 0.1) is 10.1 Å². The van der Waals surface area contributed by atoms with Crippen LogP contribution in [0.2, 0.25) is 0 Å². The summed E-state index contributed by atoms with van der Waals surface area (Å²) in [6.45, 7) is 0. The molecule has 0 spiro atoms. The van der Waals surface area contributed by atoms with Gasteiger partial charge in [0.1, 0.15) is 5.52 Å². The summed E-state index contributed by atoms with van der Waals surface area (Å²) < 4.78 is 1.86. The van der Waals surface area contributed by atoms with Gasteiger partial charge in [-0.2, -0.15) is 0 Å². The topological polar surface area (TPSA) is 56.0 Å². The Labute approximate surface area is 112 Å². The lowest BCUT2D eigenvalue weighted by Gasteiger charge is -1.93. The highest BCUT2D eigenvalue weighted by molar-refractivity contribution is 7.24. The van der Waals surface area contributed by atoms with Gasteiger partial charge in [0.05, 0.1) is 4.92 Å². The number of para-hydroxylation sites is 2. The van der Waals surface area contributed by atoms with E-state index in [4.69, 9.17) is 0 Å². The first kappa shape index (κ1) is 12.6. The van der Waals surface area contributed by atoms with Crippen LogP contribution in [0.25, 0.3) is 20.4 Å². The van der Waals surface area contributed by atoms with Crippen molar-refractivity contribution < 1.29 is 17.3 Å². The third-order valence-corrected chi connectivity index (χ3v) is 3.61. The summed E-state index contributed by atoms with van der Waals surface area (Å²) >= 11 is 1.52. The van der Waals surface area contributed by atoms with E-state index in [0.717, 1.165) is 14.9 Å². The van der Waals surface area contributed by atoms with Crippen LogP contribution in [0.4, 0.5) is 5.69 Å². The van der Waals surface area contributed by atoms with Crippen molar-refractivity contribution in [1.29, 1.82) is 0 Å². The maximum Gasteiger partial charge on any atom is 0.300 e. The molecular formula is C12H7ClN2O2S. The van der Waals surface area contributed by atoms with E-state index >= 15 is 0 Å². The van der Waals surface area contributed by atoms with Crippen molar-refractivity contribution in [2.24, 2.45) is 0 Å². The third-order valence-electron chi connectivity index (χ3n) is 2.49. The van der Waals surface area contributed by atoms with Crippen LogP contribution in [-0.2, 0) is 0 Å². The molecule has 2 aromatic carbocycles. The minimum Gasteiger partial charge on any atom is -1.00 e. The molecule has 0 aliphatic rings. The zero-order valence-electron chi connectivity index (χ0n) is 9.04. The van der Waals surface area contributed by atoms with Crippen molar-refractivity contribution >= 4 is 37.5 Å². The van der Waals surface area contributed by atoms with Crippen LogP contribution in [0.1, 0.15) is 0 Å². The number of fused-ring (bicyclic) bond motifs is 2. The van der Waals surface area contributed by atoms with Crippen LogP contribution in [0.15, 0.2) is 42.5 Å². The van der Waals surface area contributed by atoms with Crippen molar-refractivity contribution in [1.82, 2.24) is 4.98 Å². The SMILES string of the molecule is O=[N+]([O-])c1cccc2[s+]c3ccccc3nc12.[Cl-]. The van der Waals surface area contributed by atoms with Crippen molar-refractivity contribution in [3.8, 4) is 0 Å². The third kappa shape index (κ3) is 1.98. The number of non-ortho nitro benzene ring substituents is 1. The van der Waals surface area contributed by atoms with Crippen LogP contribution in [0.3, 0.4) is 0 Å². The van der Waals surface area contributed by atoms with E-state index in [-0.39, 0.29) is 18.1 Å². The molecule has 0 radical (unpaired) electrons. The van der Waals surface area contributed by atoms with E-state index in [0.29, 0.717) is 5.52 Å². The van der Waals surface area contributed by atoms with E-state index in [2.05, 4.69) is 4.98 Å². The van der Waals surface area contributed by atoms with Crippen LogP contribution < -0.4 is 12.4 Å². The molecule has 0 atom stereocenters. The number of nitro benzene ring substituents is 1. The molecule has 18 heavy (non-hydrogen) atoms. The van der Waals surface area contributed by atoms with Crippen LogP contribution in [0.5, 0.6) is 0 Å². The van der Waals surface area contributed by atoms with E-state index in [1.54, 1.807) is 6.07 Å². The molecule has 0 saturated heterocycles. The van der Waals surface area contributed by atoms with Crippen LogP contribution in [-0.4, -0.2) is 9.91 Å². The molecule has 0 amide bonds. The minimum absolute atomic E-state index is 0. The molecule has 0 aliphatic heterocycles. The maximum atomic E-state index is 10.9. The van der Waals surface area contributed by atoms with Gasteiger partial charge >= 0.3 is 5.69 Å². The fourth-order valence-electron chi connectivity index (χ4n) is 1.73. The summed E-state index contributed by atoms with van der Waals surface area (Å²) in [5.41, 5.74) is 1.31. The number of hydrogen-bond acceptors (Lipinski definition) is 3. The summed E-state index contributed by atoms with van der Waals surface area (Å²) in [6, 6.07) is 12.7. The van der Waals surface area contributed by atoms with Gasteiger partial charge in [0.15, 0.2) is 0 Å². The summed E-state index contributed by atoms with van der Waals surface area (Å²) in [6.07, 6.45) is 0. The molecular weight excluding hydrogens is 272 g/mol. The summed E-state index contributed by atoms with van der Waals surface area (Å²) in [5.74, 6) is 0. The Balaban J connectivity index is 0.00000120. The Morgan fingerprint density at radius 1 is 1.06 bits per heavy atom. The molecule has 0 N–H and O–H groups in total. The van der Waals surface area contributed by atoms with Crippen molar-refractivity contribution in [2.45, 2.75) is 0 Å². The Bertz CT molecular complexity index is 748. The number of benzene rings is 2. The van der Waals surface area contributed by atoms with Crippen LogP contribution >= 0.6 is 11.3 Å². The molecule has 3 aromatic rings. The van der Waals surface area contributed by atoms with Gasteiger partial charge < -0.3 is 12.4 Å². The molecule has 0 unspecified atom stereocenters. The number of aromatic nitrogens is 1. The zero-order valence-corrected chi connectivity index (χ0v) is 10.6. The van der Waals surface area contributed by atoms with Gasteiger partial charge in [-0.05, 0) is 12.1 Å². The Hall–Kier alpha value is -1.85. The zero-order chi connectivity index (χ0) is 11.8. The fraction of sp³-hybridized carbons (Fsp3) is 0. The van der Waals surface area contributed by atoms with Gasteiger partial charge in [-0.15, -0.1) is 0 Å². The highest BCUT2D eigenvalue weighted by Gasteiger charge is 2.20. The Morgan fingerprint density at radius 2 is 1.78 bits per heavy atom. The first-order valence-electron chi connectivity index (χ1n) is 5.02. The lowest BCUT2D eigenvalue weighted by atomic mass is 10.3. The van der Waals surface area contributed by atoms with Crippen molar-refractivity contribution in [2.75, 3.05) is 0 Å². The molecule has 0 saturated carbocycles. The number of nitro groups is 1. The normalized spacial score (nSPS) is 10.2. The number of nitrogens with zero attached hydrogens (tertiary/aromatic N) is 2. The molecule has 0 bridgehead atoms. The fourth-order valence-corrected chi connectivity index (χ4v) is 2.72. The molecule has 90 valence electrons. The summed E-state index contributed by atoms with van der Waals surface area (Å²) in [7, 11) is 0. The second-order valence-electron chi connectivity index (χ2n) is 3.56. The molecule has 1 aromatic heterocycles. The average molecular weight is 279 g/mol. The number of halogens is 1. The summed E-state index contributed by atoms with van der Waals surface area (Å²) in [5, 5.41) is 10.9. The molecule has 3 rings (SSSR count). The molecule has 1 heterocycles. The van der Waals surface area contributed by atoms with E-state index in [1.807, 2.05) is 30.3 Å². The first-order chi connectivity index (χ1) is 8.25. The predicted molar refractivity (Wildman–Crippen MR) is 68.2 cm³/mol. The lowest BCUT2D eigenvalue weighted by molar-refractivity contribution is -0.383. The van der Waals surface area contributed by atoms with Gasteiger partial charge in [0.2, 0.25) is 16.9 Å². The quantitative estimate of drug-likeness (QED) is 0.284. The van der Waals surface area contributed by atoms with Gasteiger partial charge in [0, 0.05) is 18.2 Å². The number of rotatable bonds is 1. The van der Waals surface area contributed by atoms with Gasteiger partial charge in [-0.25, -0.2) is 4.98 Å². The minimum atomic E-state index is -0.392. The second kappa shape index (κ2) is 4.80. The van der Waals surface area contributed by atoms with Gasteiger partial charge in [-0.1, -0.05) is 12.1 Å². The molecule has 0 aliphatic carbocycles. The maximum absolute atomic E-state index is 10.9. The van der Waals surface area contributed by atoms with E-state index in [9.17, 15) is 10.1 Å². The molecule has 4 nitrogen and oxygen atoms in total. The van der Waals surface area contributed by atoms with Gasteiger partial charge in [0.25, 0.3) is 9.40 Å². The number of hydrogen-bond donors (Lipinski definition) is 0. The first-order valence-corrected chi connectivity index (χ1v) is 5.83. The predicted octanol–water partition coefficient (Wildman–Crippen LogP) is 0.643. The largest absolute Gasteiger partial charge is 1.00 e. The lowest BCUT2D eigenvalue weighted by Crippen LogP contribution is -3.00. The average Bonchev–Trinajstić information content (AvgIpc) is 2.35. The molecule has 6 heteroatoms.